The van der Waals surface area contributed by atoms with Gasteiger partial charge in [0.2, 0.25) is 0 Å². The Kier molecular flexibility index (Phi) is 4.19. The predicted molar refractivity (Wildman–Crippen MR) is 101 cm³/mol. The molecule has 1 aromatic carbocycles. The van der Waals surface area contributed by atoms with Crippen molar-refractivity contribution in [2.75, 3.05) is 7.11 Å². The maximum atomic E-state index is 13.1. The van der Waals surface area contributed by atoms with Gasteiger partial charge in [-0.15, -0.1) is 5.10 Å². The van der Waals surface area contributed by atoms with Gasteiger partial charge in [-0.3, -0.25) is 9.36 Å². The number of ether oxygens (including phenoxy) is 1. The van der Waals surface area contributed by atoms with E-state index in [4.69, 9.17) is 9.84 Å². The molecule has 0 aliphatic carbocycles. The van der Waals surface area contributed by atoms with E-state index in [-0.39, 0.29) is 11.5 Å². The Balaban J connectivity index is 2.39. The molecule has 0 unspecified atom stereocenters. The zero-order valence-electron chi connectivity index (χ0n) is 16.0. The first kappa shape index (κ1) is 17.3. The summed E-state index contributed by atoms with van der Waals surface area (Å²) in [6.45, 7) is 10.2. The molecule has 3 aromatic rings. The smallest absolute Gasteiger partial charge is 0.278 e. The van der Waals surface area contributed by atoms with Crippen LogP contribution in [0.2, 0.25) is 0 Å². The molecule has 0 radical (unpaired) electrons. The molecule has 0 bridgehead atoms. The molecule has 2 heterocycles. The van der Waals surface area contributed by atoms with Crippen LogP contribution in [0, 0.1) is 20.8 Å². The number of aromatic nitrogens is 3. The number of nitrogens with zero attached hydrogens (tertiary/aromatic N) is 3. The highest BCUT2D eigenvalue weighted by molar-refractivity contribution is 5.68. The molecule has 5 nitrogen and oxygen atoms in total. The van der Waals surface area contributed by atoms with Crippen LogP contribution in [0.3, 0.4) is 0 Å². The zero-order valence-corrected chi connectivity index (χ0v) is 16.0. The fourth-order valence-corrected chi connectivity index (χ4v) is 3.47. The lowest BCUT2D eigenvalue weighted by atomic mass is 10.0. The second-order valence-electron chi connectivity index (χ2n) is 6.98. The number of hydrogen-bond donors (Lipinski definition) is 0. The topological polar surface area (TPSA) is 48.5 Å². The Labute approximate surface area is 147 Å². The number of benzene rings is 1. The van der Waals surface area contributed by atoms with E-state index in [0.717, 1.165) is 33.7 Å². The number of rotatable bonds is 3. The van der Waals surface area contributed by atoms with Gasteiger partial charge in [0.1, 0.15) is 11.3 Å². The van der Waals surface area contributed by atoms with Crippen molar-refractivity contribution in [3.63, 3.8) is 0 Å². The Morgan fingerprint density at radius 1 is 1.08 bits per heavy atom. The maximum absolute atomic E-state index is 13.1. The van der Waals surface area contributed by atoms with E-state index in [0.29, 0.717) is 11.3 Å². The summed E-state index contributed by atoms with van der Waals surface area (Å²) < 4.78 is 8.79. The van der Waals surface area contributed by atoms with Crippen molar-refractivity contribution >= 4 is 5.52 Å². The molecule has 0 saturated heterocycles. The summed E-state index contributed by atoms with van der Waals surface area (Å²) in [5, 5.41) is 4.82. The lowest BCUT2D eigenvalue weighted by Gasteiger charge is -2.15. The van der Waals surface area contributed by atoms with E-state index in [2.05, 4.69) is 19.9 Å². The van der Waals surface area contributed by atoms with Crippen molar-refractivity contribution in [2.45, 2.75) is 40.5 Å². The quantitative estimate of drug-likeness (QED) is 0.730. The number of fused-ring (bicyclic) bond motifs is 1. The summed E-state index contributed by atoms with van der Waals surface area (Å²) in [6.07, 6.45) is 0. The van der Waals surface area contributed by atoms with Crippen molar-refractivity contribution in [1.82, 2.24) is 14.2 Å². The molecular formula is C20H25N3O2. The van der Waals surface area contributed by atoms with Gasteiger partial charge in [0.15, 0.2) is 5.82 Å². The van der Waals surface area contributed by atoms with Gasteiger partial charge in [0, 0.05) is 18.3 Å². The molecule has 0 saturated carbocycles. The largest absolute Gasteiger partial charge is 0.497 e. The van der Waals surface area contributed by atoms with Crippen molar-refractivity contribution in [1.29, 1.82) is 0 Å². The fourth-order valence-electron chi connectivity index (χ4n) is 3.47. The minimum absolute atomic E-state index is 0.0172. The first-order valence-corrected chi connectivity index (χ1v) is 8.51. The summed E-state index contributed by atoms with van der Waals surface area (Å²) in [5.41, 5.74) is 5.71. The Bertz CT molecular complexity index is 1000. The molecule has 25 heavy (non-hydrogen) atoms. The van der Waals surface area contributed by atoms with E-state index in [1.807, 2.05) is 32.9 Å². The number of methoxy groups -OCH3 is 1. The van der Waals surface area contributed by atoms with Gasteiger partial charge in [-0.2, -0.15) is 0 Å². The van der Waals surface area contributed by atoms with E-state index in [1.165, 1.54) is 0 Å². The molecule has 0 fully saturated rings. The van der Waals surface area contributed by atoms with Gasteiger partial charge in [-0.1, -0.05) is 13.8 Å². The van der Waals surface area contributed by atoms with Gasteiger partial charge in [0.25, 0.3) is 5.56 Å². The minimum Gasteiger partial charge on any atom is -0.497 e. The lowest BCUT2D eigenvalue weighted by Crippen LogP contribution is -2.24. The SMILES string of the molecule is COc1cc(C)c(-c2nn3c(C)cc(C(C)C)c3c(=O)n2C)c(C)c1. The molecule has 132 valence electrons. The summed E-state index contributed by atoms with van der Waals surface area (Å²) in [4.78, 5) is 13.1. The van der Waals surface area contributed by atoms with Crippen molar-refractivity contribution in [2.24, 2.45) is 7.05 Å². The second-order valence-corrected chi connectivity index (χ2v) is 6.98. The van der Waals surface area contributed by atoms with E-state index >= 15 is 0 Å². The molecule has 2 aromatic heterocycles. The van der Waals surface area contributed by atoms with Gasteiger partial charge in [-0.05, 0) is 61.6 Å². The fraction of sp³-hybridized carbons (Fsp3) is 0.400. The van der Waals surface area contributed by atoms with Crippen LogP contribution in [-0.4, -0.2) is 21.3 Å². The summed E-state index contributed by atoms with van der Waals surface area (Å²) in [6, 6.07) is 6.01. The average molecular weight is 339 g/mol. The molecule has 5 heteroatoms. The molecule has 3 rings (SSSR count). The van der Waals surface area contributed by atoms with E-state index < -0.39 is 0 Å². The highest BCUT2D eigenvalue weighted by atomic mass is 16.5. The maximum Gasteiger partial charge on any atom is 0.278 e. The molecule has 0 aliphatic rings. The van der Waals surface area contributed by atoms with Crippen LogP contribution in [0.5, 0.6) is 5.75 Å². The number of aryl methyl sites for hydroxylation is 3. The third-order valence-corrected chi connectivity index (χ3v) is 4.79. The predicted octanol–water partition coefficient (Wildman–Crippen LogP) is 3.76. The van der Waals surface area contributed by atoms with Crippen LogP contribution in [-0.2, 0) is 7.05 Å². The summed E-state index contributed by atoms with van der Waals surface area (Å²) in [5.74, 6) is 1.75. The Hall–Kier alpha value is -2.56. The molecule has 0 N–H and O–H groups in total. The van der Waals surface area contributed by atoms with Crippen molar-refractivity contribution < 1.29 is 4.74 Å². The molecule has 0 aliphatic heterocycles. The van der Waals surface area contributed by atoms with Crippen LogP contribution >= 0.6 is 0 Å². The van der Waals surface area contributed by atoms with Gasteiger partial charge < -0.3 is 4.74 Å². The van der Waals surface area contributed by atoms with Crippen molar-refractivity contribution in [3.8, 4) is 17.1 Å². The van der Waals surface area contributed by atoms with E-state index in [9.17, 15) is 4.79 Å². The highest BCUT2D eigenvalue weighted by Gasteiger charge is 2.20. The zero-order chi connectivity index (χ0) is 18.5. The van der Waals surface area contributed by atoms with Gasteiger partial charge >= 0.3 is 0 Å². The monoisotopic (exact) mass is 339 g/mol. The summed E-state index contributed by atoms with van der Waals surface area (Å²) in [7, 11) is 3.45. The summed E-state index contributed by atoms with van der Waals surface area (Å²) >= 11 is 0. The normalized spacial score (nSPS) is 11.5. The molecule has 0 atom stereocenters. The van der Waals surface area contributed by atoms with E-state index in [1.54, 1.807) is 23.2 Å². The third kappa shape index (κ3) is 2.64. The Morgan fingerprint density at radius 2 is 1.68 bits per heavy atom. The van der Waals surface area contributed by atoms with Crippen LogP contribution in [0.15, 0.2) is 23.0 Å². The standard InChI is InChI=1S/C20H25N3O2/c1-11(2)16-10-14(5)23-18(16)20(24)22(6)19(21-23)17-12(3)8-15(25-7)9-13(17)4/h8-11H,1-7H3. The van der Waals surface area contributed by atoms with Crippen LogP contribution in [0.4, 0.5) is 0 Å². The highest BCUT2D eigenvalue weighted by Crippen LogP contribution is 2.30. The van der Waals surface area contributed by atoms with Crippen LogP contribution in [0.25, 0.3) is 16.9 Å². The van der Waals surface area contributed by atoms with Gasteiger partial charge in [0.05, 0.1) is 7.11 Å². The van der Waals surface area contributed by atoms with Crippen molar-refractivity contribution in [3.05, 3.63) is 50.9 Å². The Morgan fingerprint density at radius 3 is 2.20 bits per heavy atom. The first-order chi connectivity index (χ1) is 11.8. The second kappa shape index (κ2) is 6.06. The lowest BCUT2D eigenvalue weighted by molar-refractivity contribution is 0.414. The first-order valence-electron chi connectivity index (χ1n) is 8.51. The molecular weight excluding hydrogens is 314 g/mol. The average Bonchev–Trinajstić information content (AvgIpc) is 2.88. The molecule has 0 amide bonds. The molecule has 0 spiro atoms. The number of hydrogen-bond acceptors (Lipinski definition) is 3. The van der Waals surface area contributed by atoms with Crippen LogP contribution < -0.4 is 10.3 Å². The minimum atomic E-state index is -0.0172. The van der Waals surface area contributed by atoms with Gasteiger partial charge in [-0.25, -0.2) is 4.52 Å². The third-order valence-electron chi connectivity index (χ3n) is 4.79. The van der Waals surface area contributed by atoms with Crippen LogP contribution in [0.1, 0.15) is 42.1 Å².